The molecular weight excluding hydrogens is 200 g/mol. The number of nitrogens with zero attached hydrogens (tertiary/aromatic N) is 3. The van der Waals surface area contributed by atoms with Crippen LogP contribution in [0.25, 0.3) is 0 Å². The Morgan fingerprint density at radius 1 is 1.06 bits per heavy atom. The van der Waals surface area contributed by atoms with Gasteiger partial charge in [0.2, 0.25) is 0 Å². The van der Waals surface area contributed by atoms with Crippen LogP contribution >= 0.6 is 0 Å². The van der Waals surface area contributed by atoms with Gasteiger partial charge in [-0.05, 0) is 33.6 Å². The number of piperidine rings is 1. The lowest BCUT2D eigenvalue weighted by molar-refractivity contribution is 0.499. The molecule has 2 rings (SSSR count). The summed E-state index contributed by atoms with van der Waals surface area (Å²) >= 11 is 0. The van der Waals surface area contributed by atoms with E-state index in [4.69, 9.17) is 5.73 Å². The van der Waals surface area contributed by atoms with Gasteiger partial charge in [0.05, 0.1) is 17.1 Å². The van der Waals surface area contributed by atoms with E-state index in [-0.39, 0.29) is 0 Å². The highest BCUT2D eigenvalue weighted by Crippen LogP contribution is 2.25. The predicted molar refractivity (Wildman–Crippen MR) is 65.7 cm³/mol. The van der Waals surface area contributed by atoms with E-state index in [0.29, 0.717) is 6.04 Å². The molecule has 0 aromatic carbocycles. The summed E-state index contributed by atoms with van der Waals surface area (Å²) in [7, 11) is 0. The summed E-state index contributed by atoms with van der Waals surface area (Å²) in [5.41, 5.74) is 9.29. The Morgan fingerprint density at radius 3 is 2.06 bits per heavy atom. The van der Waals surface area contributed by atoms with Gasteiger partial charge < -0.3 is 10.6 Å². The van der Waals surface area contributed by atoms with E-state index >= 15 is 0 Å². The van der Waals surface area contributed by atoms with Gasteiger partial charge in [0, 0.05) is 19.1 Å². The normalized spacial score (nSPS) is 17.9. The minimum atomic E-state index is 0.364. The molecule has 0 amide bonds. The van der Waals surface area contributed by atoms with E-state index in [1.54, 1.807) is 0 Å². The summed E-state index contributed by atoms with van der Waals surface area (Å²) in [6, 6.07) is 0.364. The summed E-state index contributed by atoms with van der Waals surface area (Å²) < 4.78 is 0. The summed E-state index contributed by atoms with van der Waals surface area (Å²) in [5.74, 6) is 0.854. The van der Waals surface area contributed by atoms with Crippen molar-refractivity contribution in [1.29, 1.82) is 0 Å². The molecule has 1 saturated heterocycles. The molecule has 0 saturated carbocycles. The van der Waals surface area contributed by atoms with Crippen LogP contribution in [0, 0.1) is 20.8 Å². The van der Waals surface area contributed by atoms with E-state index in [1.807, 2.05) is 6.92 Å². The molecule has 2 heterocycles. The maximum atomic E-state index is 5.92. The van der Waals surface area contributed by atoms with Crippen LogP contribution < -0.4 is 10.6 Å². The molecule has 16 heavy (non-hydrogen) atoms. The standard InChI is InChI=1S/C12H20N4/c1-8-12(9(2)15-10(3)14-8)16-6-4-11(13)5-7-16/h11H,4-7,13H2,1-3H3. The zero-order valence-corrected chi connectivity index (χ0v) is 10.3. The fraction of sp³-hybridized carbons (Fsp3) is 0.667. The number of aromatic nitrogens is 2. The molecule has 1 aliphatic rings. The third-order valence-corrected chi connectivity index (χ3v) is 3.20. The van der Waals surface area contributed by atoms with Crippen LogP contribution in [0.1, 0.15) is 30.1 Å². The van der Waals surface area contributed by atoms with Crippen LogP contribution in [0.5, 0.6) is 0 Å². The largest absolute Gasteiger partial charge is 0.368 e. The highest BCUT2D eigenvalue weighted by atomic mass is 15.2. The first-order chi connectivity index (χ1) is 7.58. The summed E-state index contributed by atoms with van der Waals surface area (Å²) in [5, 5.41) is 0. The van der Waals surface area contributed by atoms with Gasteiger partial charge in [0.1, 0.15) is 5.82 Å². The molecule has 88 valence electrons. The van der Waals surface area contributed by atoms with Crippen molar-refractivity contribution in [2.45, 2.75) is 39.7 Å². The number of aryl methyl sites for hydroxylation is 3. The maximum absolute atomic E-state index is 5.92. The van der Waals surface area contributed by atoms with Crippen LogP contribution in [-0.2, 0) is 0 Å². The highest BCUT2D eigenvalue weighted by molar-refractivity contribution is 5.54. The molecule has 4 nitrogen and oxygen atoms in total. The quantitative estimate of drug-likeness (QED) is 0.775. The van der Waals surface area contributed by atoms with Gasteiger partial charge in [-0.25, -0.2) is 9.97 Å². The molecule has 0 atom stereocenters. The first-order valence-electron chi connectivity index (χ1n) is 5.90. The Hall–Kier alpha value is -1.16. The topological polar surface area (TPSA) is 55.0 Å². The Balaban J connectivity index is 2.26. The number of anilines is 1. The van der Waals surface area contributed by atoms with Crippen molar-refractivity contribution < 1.29 is 0 Å². The minimum absolute atomic E-state index is 0.364. The van der Waals surface area contributed by atoms with E-state index in [1.165, 1.54) is 5.69 Å². The molecule has 0 bridgehead atoms. The van der Waals surface area contributed by atoms with E-state index in [9.17, 15) is 0 Å². The van der Waals surface area contributed by atoms with Gasteiger partial charge in [-0.3, -0.25) is 0 Å². The summed E-state index contributed by atoms with van der Waals surface area (Å²) in [6.07, 6.45) is 2.12. The van der Waals surface area contributed by atoms with E-state index < -0.39 is 0 Å². The fourth-order valence-corrected chi connectivity index (χ4v) is 2.46. The molecule has 1 aliphatic heterocycles. The fourth-order valence-electron chi connectivity index (χ4n) is 2.46. The van der Waals surface area contributed by atoms with Gasteiger partial charge >= 0.3 is 0 Å². The van der Waals surface area contributed by atoms with Crippen LogP contribution in [0.4, 0.5) is 5.69 Å². The molecule has 0 unspecified atom stereocenters. The van der Waals surface area contributed by atoms with Gasteiger partial charge in [-0.15, -0.1) is 0 Å². The predicted octanol–water partition coefficient (Wildman–Crippen LogP) is 1.33. The van der Waals surface area contributed by atoms with Crippen LogP contribution in [0.2, 0.25) is 0 Å². The zero-order chi connectivity index (χ0) is 11.7. The van der Waals surface area contributed by atoms with Crippen LogP contribution in [0.3, 0.4) is 0 Å². The number of nitrogens with two attached hydrogens (primary N) is 1. The third-order valence-electron chi connectivity index (χ3n) is 3.20. The van der Waals surface area contributed by atoms with Crippen LogP contribution in [0.15, 0.2) is 0 Å². The van der Waals surface area contributed by atoms with Crippen LogP contribution in [-0.4, -0.2) is 29.1 Å². The summed E-state index contributed by atoms with van der Waals surface area (Å²) in [6.45, 7) is 8.11. The van der Waals surface area contributed by atoms with Crippen molar-refractivity contribution in [1.82, 2.24) is 9.97 Å². The van der Waals surface area contributed by atoms with E-state index in [2.05, 4.69) is 28.7 Å². The van der Waals surface area contributed by atoms with E-state index in [0.717, 1.165) is 43.1 Å². The summed E-state index contributed by atoms with van der Waals surface area (Å²) in [4.78, 5) is 11.3. The van der Waals surface area contributed by atoms with Gasteiger partial charge in [0.25, 0.3) is 0 Å². The SMILES string of the molecule is Cc1nc(C)c(N2CCC(N)CC2)c(C)n1. The number of rotatable bonds is 1. The molecule has 0 aliphatic carbocycles. The van der Waals surface area contributed by atoms with Crippen molar-refractivity contribution in [2.24, 2.45) is 5.73 Å². The lowest BCUT2D eigenvalue weighted by Crippen LogP contribution is -2.40. The second kappa shape index (κ2) is 4.37. The molecule has 1 aromatic heterocycles. The Bertz CT molecular complexity index is 358. The highest BCUT2D eigenvalue weighted by Gasteiger charge is 2.20. The first-order valence-corrected chi connectivity index (χ1v) is 5.90. The second-order valence-corrected chi connectivity index (χ2v) is 4.61. The van der Waals surface area contributed by atoms with Gasteiger partial charge in [0.15, 0.2) is 0 Å². The monoisotopic (exact) mass is 220 g/mol. The Labute approximate surface area is 96.9 Å². The van der Waals surface area contributed by atoms with Gasteiger partial charge in [-0.1, -0.05) is 0 Å². The number of hydrogen-bond acceptors (Lipinski definition) is 4. The minimum Gasteiger partial charge on any atom is -0.368 e. The molecule has 4 heteroatoms. The number of hydrogen-bond donors (Lipinski definition) is 1. The van der Waals surface area contributed by atoms with Crippen molar-refractivity contribution in [3.05, 3.63) is 17.2 Å². The smallest absolute Gasteiger partial charge is 0.125 e. The van der Waals surface area contributed by atoms with Gasteiger partial charge in [-0.2, -0.15) is 0 Å². The Morgan fingerprint density at radius 2 is 1.56 bits per heavy atom. The molecule has 2 N–H and O–H groups in total. The lowest BCUT2D eigenvalue weighted by Gasteiger charge is -2.33. The zero-order valence-electron chi connectivity index (χ0n) is 10.3. The second-order valence-electron chi connectivity index (χ2n) is 4.61. The van der Waals surface area contributed by atoms with Crippen molar-refractivity contribution >= 4 is 5.69 Å². The van der Waals surface area contributed by atoms with Crippen molar-refractivity contribution in [2.75, 3.05) is 18.0 Å². The lowest BCUT2D eigenvalue weighted by atomic mass is 10.0. The van der Waals surface area contributed by atoms with Crippen molar-refractivity contribution in [3.63, 3.8) is 0 Å². The first kappa shape index (κ1) is 11.3. The average Bonchev–Trinajstić information content (AvgIpc) is 2.19. The third kappa shape index (κ3) is 2.16. The maximum Gasteiger partial charge on any atom is 0.125 e. The Kier molecular flexibility index (Phi) is 3.10. The molecular formula is C12H20N4. The molecule has 1 fully saturated rings. The molecule has 0 radical (unpaired) electrons. The molecule has 1 aromatic rings. The average molecular weight is 220 g/mol. The molecule has 0 spiro atoms. The van der Waals surface area contributed by atoms with Crippen molar-refractivity contribution in [3.8, 4) is 0 Å².